The highest BCUT2D eigenvalue weighted by Gasteiger charge is 2.51. The molecule has 1 heterocycles. The van der Waals surface area contributed by atoms with Gasteiger partial charge >= 0.3 is 0 Å². The molecule has 3 nitrogen and oxygen atoms in total. The van der Waals surface area contributed by atoms with Crippen molar-refractivity contribution < 1.29 is 0 Å². The van der Waals surface area contributed by atoms with E-state index >= 15 is 0 Å². The lowest BCUT2D eigenvalue weighted by Gasteiger charge is -2.26. The minimum Gasteiger partial charge on any atom is -0.327 e. The highest BCUT2D eigenvalue weighted by molar-refractivity contribution is 5.06. The Kier molecular flexibility index (Phi) is 0.371. The molecule has 2 N–H and O–H groups in total. The maximum Gasteiger partial charge on any atom is 0.193 e. The van der Waals surface area contributed by atoms with E-state index in [4.69, 9.17) is 5.73 Å². The maximum atomic E-state index is 5.47. The minimum atomic E-state index is 0.0689. The minimum absolute atomic E-state index is 0.0689. The molecule has 1 aliphatic carbocycles. The summed E-state index contributed by atoms with van der Waals surface area (Å²) in [4.78, 5) is 0. The van der Waals surface area contributed by atoms with Crippen molar-refractivity contribution in [2.75, 3.05) is 0 Å². The molecule has 2 rings (SSSR count). The third kappa shape index (κ3) is 0.332. The highest BCUT2D eigenvalue weighted by Crippen LogP contribution is 2.45. The van der Waals surface area contributed by atoms with Crippen LogP contribution < -0.4 is 5.73 Å². The van der Waals surface area contributed by atoms with Crippen LogP contribution in [0.1, 0.15) is 12.8 Å². The molecule has 1 saturated carbocycles. The van der Waals surface area contributed by atoms with E-state index in [9.17, 15) is 0 Å². The molecule has 0 aromatic carbocycles. The molecule has 0 saturated heterocycles. The van der Waals surface area contributed by atoms with Crippen LogP contribution in [0.5, 0.6) is 0 Å². The number of hydrogen-bond donors (Lipinski definition) is 1. The fourth-order valence-corrected chi connectivity index (χ4v) is 1.01. The third-order valence-corrected chi connectivity index (χ3v) is 1.56. The standard InChI is InChI=1S/C4H7N3/c5-3-1-4(2-3)6-7-4/h3H,1-2,5H2. The van der Waals surface area contributed by atoms with Crippen LogP contribution in [0.4, 0.5) is 0 Å². The van der Waals surface area contributed by atoms with Gasteiger partial charge in [-0.15, -0.1) is 0 Å². The van der Waals surface area contributed by atoms with Crippen molar-refractivity contribution in [1.82, 2.24) is 0 Å². The van der Waals surface area contributed by atoms with Gasteiger partial charge in [0.2, 0.25) is 0 Å². The van der Waals surface area contributed by atoms with E-state index in [1.54, 1.807) is 0 Å². The Balaban J connectivity index is 1.99. The summed E-state index contributed by atoms with van der Waals surface area (Å²) in [6.07, 6.45) is 1.99. The van der Waals surface area contributed by atoms with E-state index in [0.717, 1.165) is 12.8 Å². The fourth-order valence-electron chi connectivity index (χ4n) is 1.01. The maximum absolute atomic E-state index is 5.47. The van der Waals surface area contributed by atoms with Gasteiger partial charge in [0, 0.05) is 18.9 Å². The predicted molar refractivity (Wildman–Crippen MR) is 24.8 cm³/mol. The Labute approximate surface area is 41.6 Å². The van der Waals surface area contributed by atoms with Crippen LogP contribution in [-0.4, -0.2) is 11.7 Å². The smallest absolute Gasteiger partial charge is 0.193 e. The van der Waals surface area contributed by atoms with Crippen LogP contribution in [0.15, 0.2) is 10.2 Å². The summed E-state index contributed by atoms with van der Waals surface area (Å²) in [7, 11) is 0. The van der Waals surface area contributed by atoms with Gasteiger partial charge in [0.15, 0.2) is 5.66 Å². The van der Waals surface area contributed by atoms with E-state index in [-0.39, 0.29) is 5.66 Å². The molecule has 0 aromatic rings. The van der Waals surface area contributed by atoms with Gasteiger partial charge in [-0.2, -0.15) is 10.2 Å². The number of nitrogens with two attached hydrogens (primary N) is 1. The Morgan fingerprint density at radius 2 is 2.00 bits per heavy atom. The molecule has 0 unspecified atom stereocenters. The van der Waals surface area contributed by atoms with Gasteiger partial charge in [-0.25, -0.2) is 0 Å². The van der Waals surface area contributed by atoms with Crippen molar-refractivity contribution in [3.63, 3.8) is 0 Å². The van der Waals surface area contributed by atoms with Crippen molar-refractivity contribution in [2.45, 2.75) is 24.5 Å². The van der Waals surface area contributed by atoms with Gasteiger partial charge in [-0.1, -0.05) is 0 Å². The van der Waals surface area contributed by atoms with Crippen LogP contribution in [-0.2, 0) is 0 Å². The predicted octanol–water partition coefficient (Wildman–Crippen LogP) is 0.270. The SMILES string of the molecule is NC1CC2(C1)N=N2. The molecule has 1 spiro atoms. The average molecular weight is 97.1 g/mol. The van der Waals surface area contributed by atoms with E-state index in [2.05, 4.69) is 10.2 Å². The van der Waals surface area contributed by atoms with E-state index in [0.29, 0.717) is 6.04 Å². The normalized spacial score (nSPS) is 33.3. The lowest BCUT2D eigenvalue weighted by atomic mass is 9.84. The Bertz CT molecular complexity index is 115. The molecule has 3 heteroatoms. The van der Waals surface area contributed by atoms with Crippen molar-refractivity contribution in [3.05, 3.63) is 0 Å². The molecule has 1 aliphatic heterocycles. The van der Waals surface area contributed by atoms with Crippen molar-refractivity contribution in [2.24, 2.45) is 16.0 Å². The second-order valence-electron chi connectivity index (χ2n) is 2.35. The van der Waals surface area contributed by atoms with Gasteiger partial charge in [0.05, 0.1) is 0 Å². The summed E-state index contributed by atoms with van der Waals surface area (Å²) in [6, 6.07) is 0.384. The van der Waals surface area contributed by atoms with Gasteiger partial charge < -0.3 is 5.73 Å². The second-order valence-corrected chi connectivity index (χ2v) is 2.35. The largest absolute Gasteiger partial charge is 0.327 e. The monoisotopic (exact) mass is 97.1 g/mol. The quantitative estimate of drug-likeness (QED) is 0.463. The summed E-state index contributed by atoms with van der Waals surface area (Å²) < 4.78 is 0. The molecule has 38 valence electrons. The van der Waals surface area contributed by atoms with Gasteiger partial charge in [0.25, 0.3) is 0 Å². The lowest BCUT2D eigenvalue weighted by molar-refractivity contribution is 0.303. The summed E-state index contributed by atoms with van der Waals surface area (Å²) in [5.74, 6) is 0. The molecule has 0 amide bonds. The molecule has 2 aliphatic rings. The molecule has 0 bridgehead atoms. The van der Waals surface area contributed by atoms with Gasteiger partial charge in [-0.3, -0.25) is 0 Å². The Morgan fingerprint density at radius 3 is 2.14 bits per heavy atom. The zero-order valence-corrected chi connectivity index (χ0v) is 3.96. The third-order valence-electron chi connectivity index (χ3n) is 1.56. The van der Waals surface area contributed by atoms with Crippen LogP contribution in [0.3, 0.4) is 0 Å². The van der Waals surface area contributed by atoms with Gasteiger partial charge in [-0.05, 0) is 0 Å². The average Bonchev–Trinajstić information content (AvgIpc) is 2.14. The first-order valence-electron chi connectivity index (χ1n) is 2.50. The second kappa shape index (κ2) is 0.733. The van der Waals surface area contributed by atoms with E-state index in [1.165, 1.54) is 0 Å². The zero-order valence-electron chi connectivity index (χ0n) is 3.96. The topological polar surface area (TPSA) is 50.7 Å². The number of nitrogens with zero attached hydrogens (tertiary/aromatic N) is 2. The molecule has 0 atom stereocenters. The molecule has 0 aromatic heterocycles. The lowest BCUT2D eigenvalue weighted by Crippen LogP contribution is -2.42. The van der Waals surface area contributed by atoms with Crippen LogP contribution in [0, 0.1) is 0 Å². The molecular formula is C4H7N3. The Morgan fingerprint density at radius 1 is 1.43 bits per heavy atom. The van der Waals surface area contributed by atoms with Crippen molar-refractivity contribution >= 4 is 0 Å². The molecule has 1 fully saturated rings. The molecule has 0 radical (unpaired) electrons. The summed E-state index contributed by atoms with van der Waals surface area (Å²) in [5.41, 5.74) is 5.54. The summed E-state index contributed by atoms with van der Waals surface area (Å²) in [5, 5.41) is 7.67. The fraction of sp³-hybridized carbons (Fsp3) is 1.00. The van der Waals surface area contributed by atoms with E-state index in [1.807, 2.05) is 0 Å². The number of hydrogen-bond acceptors (Lipinski definition) is 3. The van der Waals surface area contributed by atoms with Crippen LogP contribution >= 0.6 is 0 Å². The van der Waals surface area contributed by atoms with E-state index < -0.39 is 0 Å². The van der Waals surface area contributed by atoms with Crippen LogP contribution in [0.25, 0.3) is 0 Å². The van der Waals surface area contributed by atoms with Crippen molar-refractivity contribution in [3.8, 4) is 0 Å². The van der Waals surface area contributed by atoms with Crippen LogP contribution in [0.2, 0.25) is 0 Å². The highest BCUT2D eigenvalue weighted by atomic mass is 15.5. The zero-order chi connectivity index (χ0) is 4.91. The summed E-state index contributed by atoms with van der Waals surface area (Å²) in [6.45, 7) is 0. The first-order valence-corrected chi connectivity index (χ1v) is 2.50. The summed E-state index contributed by atoms with van der Waals surface area (Å²) >= 11 is 0. The first-order chi connectivity index (χ1) is 3.31. The van der Waals surface area contributed by atoms with Gasteiger partial charge in [0.1, 0.15) is 0 Å². The molecule has 7 heavy (non-hydrogen) atoms. The van der Waals surface area contributed by atoms with Crippen molar-refractivity contribution in [1.29, 1.82) is 0 Å². The Hall–Kier alpha value is -0.440. The number of rotatable bonds is 0. The first kappa shape index (κ1) is 3.55. The molecular weight excluding hydrogens is 90.1 g/mol.